The molecule has 0 spiro atoms. The quantitative estimate of drug-likeness (QED) is 0.911. The average molecular weight is 309 g/mol. The Morgan fingerprint density at radius 2 is 1.95 bits per heavy atom. The Balaban J connectivity index is 1.69. The lowest BCUT2D eigenvalue weighted by atomic mass is 10.2. The third kappa shape index (κ3) is 3.87. The van der Waals surface area contributed by atoms with Crippen molar-refractivity contribution in [3.63, 3.8) is 0 Å². The van der Waals surface area contributed by atoms with Crippen LogP contribution in [0.15, 0.2) is 36.5 Å². The van der Waals surface area contributed by atoms with Gasteiger partial charge >= 0.3 is 6.36 Å². The summed E-state index contributed by atoms with van der Waals surface area (Å²) in [4.78, 5) is 8.57. The van der Waals surface area contributed by atoms with Crippen LogP contribution in [0.1, 0.15) is 30.1 Å². The van der Waals surface area contributed by atoms with Crippen molar-refractivity contribution < 1.29 is 17.9 Å². The molecule has 1 aliphatic carbocycles. The smallest absolute Gasteiger partial charge is 0.405 e. The maximum absolute atomic E-state index is 12.4. The number of anilines is 1. The van der Waals surface area contributed by atoms with Crippen molar-refractivity contribution >= 4 is 5.82 Å². The normalized spacial score (nSPS) is 14.7. The number of hydrogen-bond donors (Lipinski definition) is 1. The Bertz CT molecular complexity index is 656. The van der Waals surface area contributed by atoms with E-state index in [0.29, 0.717) is 17.3 Å². The fourth-order valence-corrected chi connectivity index (χ4v) is 2.07. The maximum atomic E-state index is 12.4. The Hall–Kier alpha value is -2.31. The first-order valence-corrected chi connectivity index (χ1v) is 6.92. The van der Waals surface area contributed by atoms with Crippen LogP contribution in [0.3, 0.4) is 0 Å². The fraction of sp³-hybridized carbons (Fsp3) is 0.333. The summed E-state index contributed by atoms with van der Waals surface area (Å²) in [5, 5.41) is 3.01. The van der Waals surface area contributed by atoms with Gasteiger partial charge in [-0.3, -0.25) is 0 Å². The van der Waals surface area contributed by atoms with Crippen LogP contribution >= 0.6 is 0 Å². The predicted molar refractivity (Wildman–Crippen MR) is 74.5 cm³/mol. The van der Waals surface area contributed by atoms with Gasteiger partial charge < -0.3 is 10.1 Å². The summed E-state index contributed by atoms with van der Waals surface area (Å²) in [5.74, 6) is 1.59. The number of ether oxygens (including phenoxy) is 1. The van der Waals surface area contributed by atoms with Crippen LogP contribution < -0.4 is 10.1 Å². The van der Waals surface area contributed by atoms with E-state index in [0.717, 1.165) is 18.7 Å². The van der Waals surface area contributed by atoms with Crippen molar-refractivity contribution in [1.82, 2.24) is 9.97 Å². The zero-order valence-electron chi connectivity index (χ0n) is 11.6. The van der Waals surface area contributed by atoms with Gasteiger partial charge in [-0.15, -0.1) is 13.2 Å². The van der Waals surface area contributed by atoms with Crippen molar-refractivity contribution in [2.24, 2.45) is 0 Å². The lowest BCUT2D eigenvalue weighted by Gasteiger charge is -2.14. The van der Waals surface area contributed by atoms with Crippen LogP contribution in [0.2, 0.25) is 0 Å². The zero-order valence-corrected chi connectivity index (χ0v) is 11.6. The number of benzene rings is 1. The molecule has 0 aliphatic heterocycles. The summed E-state index contributed by atoms with van der Waals surface area (Å²) < 4.78 is 41.1. The molecular formula is C15H14F3N3O. The topological polar surface area (TPSA) is 47.0 Å². The Labute approximate surface area is 125 Å². The molecule has 1 aromatic carbocycles. The lowest BCUT2D eigenvalue weighted by Crippen LogP contribution is -2.18. The van der Waals surface area contributed by atoms with E-state index in [-0.39, 0.29) is 12.3 Å². The highest BCUT2D eigenvalue weighted by Gasteiger charge is 2.32. The molecule has 4 nitrogen and oxygen atoms in total. The fourth-order valence-electron chi connectivity index (χ4n) is 2.07. The first-order chi connectivity index (χ1) is 10.5. The number of nitrogens with one attached hydrogen (secondary N) is 1. The molecule has 116 valence electrons. The minimum Gasteiger partial charge on any atom is -0.405 e. The van der Waals surface area contributed by atoms with Gasteiger partial charge in [0.2, 0.25) is 0 Å². The first-order valence-electron chi connectivity index (χ1n) is 6.92. The van der Waals surface area contributed by atoms with Crippen molar-refractivity contribution in [2.75, 3.05) is 5.32 Å². The van der Waals surface area contributed by atoms with Gasteiger partial charge in [-0.25, -0.2) is 9.97 Å². The molecule has 1 aromatic heterocycles. The standard InChI is InChI=1S/C15H14F3N3O/c16-15(17,18)22-12-4-2-1-3-11(12)9-20-13-7-8-19-14(21-13)10-5-6-10/h1-4,7-8,10H,5-6,9H2,(H,19,20,21). The summed E-state index contributed by atoms with van der Waals surface area (Å²) >= 11 is 0. The minimum absolute atomic E-state index is 0.188. The van der Waals surface area contributed by atoms with E-state index in [1.807, 2.05) is 0 Å². The third-order valence-electron chi connectivity index (χ3n) is 3.27. The van der Waals surface area contributed by atoms with Gasteiger partial charge in [-0.2, -0.15) is 0 Å². The van der Waals surface area contributed by atoms with Gasteiger partial charge in [0.15, 0.2) is 0 Å². The highest BCUT2D eigenvalue weighted by atomic mass is 19.4. The predicted octanol–water partition coefficient (Wildman–Crippen LogP) is 3.86. The zero-order chi connectivity index (χ0) is 15.6. The van der Waals surface area contributed by atoms with Gasteiger partial charge in [0.1, 0.15) is 17.4 Å². The first kappa shape index (κ1) is 14.6. The molecule has 0 saturated heterocycles. The molecule has 0 unspecified atom stereocenters. The second-order valence-corrected chi connectivity index (χ2v) is 5.08. The van der Waals surface area contributed by atoms with Gasteiger partial charge in [0.25, 0.3) is 0 Å². The van der Waals surface area contributed by atoms with Crippen molar-refractivity contribution in [3.8, 4) is 5.75 Å². The number of para-hydroxylation sites is 1. The van der Waals surface area contributed by atoms with Gasteiger partial charge in [-0.1, -0.05) is 18.2 Å². The van der Waals surface area contributed by atoms with E-state index in [9.17, 15) is 13.2 Å². The van der Waals surface area contributed by atoms with Gasteiger partial charge in [0, 0.05) is 24.2 Å². The summed E-state index contributed by atoms with van der Waals surface area (Å²) in [7, 11) is 0. The van der Waals surface area contributed by atoms with Gasteiger partial charge in [-0.05, 0) is 25.0 Å². The van der Waals surface area contributed by atoms with E-state index in [1.54, 1.807) is 24.4 Å². The summed E-state index contributed by atoms with van der Waals surface area (Å²) in [6.07, 6.45) is -0.872. The molecule has 7 heteroatoms. The monoisotopic (exact) mass is 309 g/mol. The number of alkyl halides is 3. The number of rotatable bonds is 5. The molecule has 1 fully saturated rings. The van der Waals surface area contributed by atoms with Crippen LogP contribution in [-0.2, 0) is 6.54 Å². The van der Waals surface area contributed by atoms with E-state index in [1.165, 1.54) is 12.1 Å². The van der Waals surface area contributed by atoms with Crippen LogP contribution in [-0.4, -0.2) is 16.3 Å². The lowest BCUT2D eigenvalue weighted by molar-refractivity contribution is -0.274. The Kier molecular flexibility index (Phi) is 3.87. The highest BCUT2D eigenvalue weighted by Crippen LogP contribution is 2.38. The SMILES string of the molecule is FC(F)(F)Oc1ccccc1CNc1ccnc(C2CC2)n1. The molecule has 3 rings (SSSR count). The summed E-state index contributed by atoms with van der Waals surface area (Å²) in [5.41, 5.74) is 0.409. The molecule has 0 radical (unpaired) electrons. The summed E-state index contributed by atoms with van der Waals surface area (Å²) in [6, 6.07) is 7.73. The Morgan fingerprint density at radius 3 is 2.68 bits per heavy atom. The maximum Gasteiger partial charge on any atom is 0.573 e. The molecule has 1 N–H and O–H groups in total. The molecule has 0 amide bonds. The van der Waals surface area contributed by atoms with Crippen LogP contribution in [0.4, 0.5) is 19.0 Å². The molecule has 22 heavy (non-hydrogen) atoms. The van der Waals surface area contributed by atoms with Crippen LogP contribution in [0.5, 0.6) is 5.75 Å². The van der Waals surface area contributed by atoms with E-state index < -0.39 is 6.36 Å². The second-order valence-electron chi connectivity index (χ2n) is 5.08. The largest absolute Gasteiger partial charge is 0.573 e. The van der Waals surface area contributed by atoms with E-state index >= 15 is 0 Å². The minimum atomic E-state index is -4.70. The van der Waals surface area contributed by atoms with Crippen LogP contribution in [0, 0.1) is 0 Å². The molecule has 1 heterocycles. The van der Waals surface area contributed by atoms with Crippen molar-refractivity contribution in [2.45, 2.75) is 31.7 Å². The molecule has 1 aliphatic rings. The molecule has 0 atom stereocenters. The van der Waals surface area contributed by atoms with Gasteiger partial charge in [0.05, 0.1) is 0 Å². The summed E-state index contributed by atoms with van der Waals surface area (Å²) in [6.45, 7) is 0.188. The van der Waals surface area contributed by atoms with Crippen molar-refractivity contribution in [3.05, 3.63) is 47.9 Å². The number of halogens is 3. The average Bonchev–Trinajstić information content (AvgIpc) is 3.30. The number of nitrogens with zero attached hydrogens (tertiary/aromatic N) is 2. The Morgan fingerprint density at radius 1 is 1.18 bits per heavy atom. The molecule has 0 bridgehead atoms. The molecule has 1 saturated carbocycles. The number of hydrogen-bond acceptors (Lipinski definition) is 4. The second kappa shape index (κ2) is 5.82. The molecular weight excluding hydrogens is 295 g/mol. The third-order valence-corrected chi connectivity index (χ3v) is 3.27. The molecule has 2 aromatic rings. The van der Waals surface area contributed by atoms with E-state index in [2.05, 4.69) is 20.0 Å². The van der Waals surface area contributed by atoms with E-state index in [4.69, 9.17) is 0 Å². The van der Waals surface area contributed by atoms with Crippen molar-refractivity contribution in [1.29, 1.82) is 0 Å². The van der Waals surface area contributed by atoms with Crippen LogP contribution in [0.25, 0.3) is 0 Å². The number of aromatic nitrogens is 2. The highest BCUT2D eigenvalue weighted by molar-refractivity contribution is 5.39.